The molecule has 0 N–H and O–H groups in total. The molecule has 90 valence electrons. The van der Waals surface area contributed by atoms with Crippen LogP contribution in [0.25, 0.3) is 0 Å². The Kier molecular flexibility index (Phi) is 8.88. The fraction of sp³-hybridized carbons (Fsp3) is 0.917. The summed E-state index contributed by atoms with van der Waals surface area (Å²) in [4.78, 5) is 13.3. The van der Waals surface area contributed by atoms with Crippen molar-refractivity contribution in [2.45, 2.75) is 57.7 Å². The van der Waals surface area contributed by atoms with Gasteiger partial charge < -0.3 is 4.90 Å². The second-order valence-corrected chi connectivity index (χ2v) is 4.96. The molecular weight excluding hydrogens is 210 g/mol. The first kappa shape index (κ1) is 14.8. The van der Waals surface area contributed by atoms with Gasteiger partial charge in [0.15, 0.2) is 0 Å². The van der Waals surface area contributed by atoms with Gasteiger partial charge in [-0.1, -0.05) is 32.6 Å². The zero-order chi connectivity index (χ0) is 11.7. The van der Waals surface area contributed by atoms with Gasteiger partial charge in [0.25, 0.3) is 0 Å². The van der Waals surface area contributed by atoms with E-state index in [1.54, 1.807) is 4.90 Å². The highest BCUT2D eigenvalue weighted by Gasteiger charge is 2.09. The van der Waals surface area contributed by atoms with E-state index in [9.17, 15) is 4.79 Å². The molecule has 0 rings (SSSR count). The standard InChI is InChI=1S/C12H24ClNO/c1-4-5-6-7-8-9-12(15)14(3)10-11(2)13/h11H,4-10H2,1-3H3. The Labute approximate surface area is 99.0 Å². The summed E-state index contributed by atoms with van der Waals surface area (Å²) >= 11 is 5.83. The number of alkyl halides is 1. The Morgan fingerprint density at radius 2 is 1.87 bits per heavy atom. The van der Waals surface area contributed by atoms with Crippen LogP contribution in [-0.2, 0) is 4.79 Å². The lowest BCUT2D eigenvalue weighted by atomic mass is 10.1. The van der Waals surface area contributed by atoms with Gasteiger partial charge in [0.05, 0.1) is 0 Å². The van der Waals surface area contributed by atoms with Gasteiger partial charge in [-0.15, -0.1) is 11.6 Å². The van der Waals surface area contributed by atoms with Crippen LogP contribution in [0.5, 0.6) is 0 Å². The van der Waals surface area contributed by atoms with E-state index in [0.717, 1.165) is 6.42 Å². The van der Waals surface area contributed by atoms with Crippen LogP contribution in [-0.4, -0.2) is 29.8 Å². The topological polar surface area (TPSA) is 20.3 Å². The first-order valence-corrected chi connectivity index (χ1v) is 6.39. The average Bonchev–Trinajstić information content (AvgIpc) is 2.16. The van der Waals surface area contributed by atoms with E-state index in [-0.39, 0.29) is 11.3 Å². The number of hydrogen-bond donors (Lipinski definition) is 0. The molecule has 0 fully saturated rings. The molecule has 3 heteroatoms. The number of halogens is 1. The van der Waals surface area contributed by atoms with Crippen LogP contribution in [0, 0.1) is 0 Å². The smallest absolute Gasteiger partial charge is 0.222 e. The molecule has 0 bridgehead atoms. The maximum atomic E-state index is 11.6. The number of amides is 1. The number of carbonyl (C=O) groups is 1. The van der Waals surface area contributed by atoms with Crippen molar-refractivity contribution in [3.8, 4) is 0 Å². The fourth-order valence-corrected chi connectivity index (χ4v) is 1.76. The van der Waals surface area contributed by atoms with Crippen molar-refractivity contribution in [2.75, 3.05) is 13.6 Å². The summed E-state index contributed by atoms with van der Waals surface area (Å²) in [6, 6.07) is 0. The van der Waals surface area contributed by atoms with Crippen LogP contribution < -0.4 is 0 Å². The van der Waals surface area contributed by atoms with E-state index in [0.29, 0.717) is 13.0 Å². The molecule has 1 unspecified atom stereocenters. The Hall–Kier alpha value is -0.240. The van der Waals surface area contributed by atoms with Gasteiger partial charge in [-0.2, -0.15) is 0 Å². The molecule has 1 atom stereocenters. The fourth-order valence-electron chi connectivity index (χ4n) is 1.55. The quantitative estimate of drug-likeness (QED) is 0.465. The average molecular weight is 234 g/mol. The van der Waals surface area contributed by atoms with Crippen molar-refractivity contribution in [3.05, 3.63) is 0 Å². The highest BCUT2D eigenvalue weighted by molar-refractivity contribution is 6.20. The number of rotatable bonds is 8. The molecule has 2 nitrogen and oxygen atoms in total. The molecule has 0 saturated carbocycles. The Morgan fingerprint density at radius 3 is 2.40 bits per heavy atom. The molecule has 0 radical (unpaired) electrons. The maximum Gasteiger partial charge on any atom is 0.222 e. The summed E-state index contributed by atoms with van der Waals surface area (Å²) in [6.45, 7) is 4.75. The molecule has 0 aromatic carbocycles. The number of unbranched alkanes of at least 4 members (excludes halogenated alkanes) is 4. The number of carbonyl (C=O) groups excluding carboxylic acids is 1. The van der Waals surface area contributed by atoms with E-state index in [4.69, 9.17) is 11.6 Å². The van der Waals surface area contributed by atoms with Crippen LogP contribution in [0.4, 0.5) is 0 Å². The van der Waals surface area contributed by atoms with Crippen LogP contribution in [0.15, 0.2) is 0 Å². The summed E-state index contributed by atoms with van der Waals surface area (Å²) < 4.78 is 0. The third-order valence-electron chi connectivity index (χ3n) is 2.45. The number of hydrogen-bond acceptors (Lipinski definition) is 1. The molecule has 0 aliphatic rings. The van der Waals surface area contributed by atoms with Crippen molar-refractivity contribution in [1.29, 1.82) is 0 Å². The molecular formula is C12H24ClNO. The molecule has 1 amide bonds. The molecule has 0 aliphatic heterocycles. The first-order valence-electron chi connectivity index (χ1n) is 5.96. The Balaban J connectivity index is 3.47. The predicted molar refractivity (Wildman–Crippen MR) is 66.3 cm³/mol. The maximum absolute atomic E-state index is 11.6. The van der Waals surface area contributed by atoms with Gasteiger partial charge in [0.1, 0.15) is 0 Å². The zero-order valence-corrected chi connectivity index (χ0v) is 11.0. The second kappa shape index (κ2) is 9.02. The third-order valence-corrected chi connectivity index (χ3v) is 2.58. The Bertz CT molecular complexity index is 171. The normalized spacial score (nSPS) is 12.5. The minimum absolute atomic E-state index is 0.0408. The lowest BCUT2D eigenvalue weighted by Crippen LogP contribution is -2.31. The van der Waals surface area contributed by atoms with Crippen molar-refractivity contribution in [3.63, 3.8) is 0 Å². The van der Waals surface area contributed by atoms with Gasteiger partial charge in [-0.05, 0) is 13.3 Å². The van der Waals surface area contributed by atoms with Crippen molar-refractivity contribution >= 4 is 17.5 Å². The summed E-state index contributed by atoms with van der Waals surface area (Å²) in [5.74, 6) is 0.221. The molecule has 0 saturated heterocycles. The zero-order valence-electron chi connectivity index (χ0n) is 10.3. The van der Waals surface area contributed by atoms with Crippen molar-refractivity contribution in [1.82, 2.24) is 4.90 Å². The minimum atomic E-state index is 0.0408. The van der Waals surface area contributed by atoms with Crippen molar-refractivity contribution < 1.29 is 4.79 Å². The highest BCUT2D eigenvalue weighted by Crippen LogP contribution is 2.07. The van der Waals surface area contributed by atoms with E-state index >= 15 is 0 Å². The van der Waals surface area contributed by atoms with E-state index in [2.05, 4.69) is 6.92 Å². The monoisotopic (exact) mass is 233 g/mol. The minimum Gasteiger partial charge on any atom is -0.344 e. The molecule has 0 aliphatic carbocycles. The van der Waals surface area contributed by atoms with E-state index in [1.807, 2.05) is 14.0 Å². The van der Waals surface area contributed by atoms with Crippen LogP contribution >= 0.6 is 11.6 Å². The van der Waals surface area contributed by atoms with Gasteiger partial charge in [-0.3, -0.25) is 4.79 Å². The summed E-state index contributed by atoms with van der Waals surface area (Å²) in [6.07, 6.45) is 6.63. The Morgan fingerprint density at radius 1 is 1.27 bits per heavy atom. The second-order valence-electron chi connectivity index (χ2n) is 4.22. The molecule has 0 aromatic heterocycles. The summed E-state index contributed by atoms with van der Waals surface area (Å²) in [5, 5.41) is 0.0408. The van der Waals surface area contributed by atoms with E-state index in [1.165, 1.54) is 25.7 Å². The van der Waals surface area contributed by atoms with Gasteiger partial charge in [0.2, 0.25) is 5.91 Å². The first-order chi connectivity index (χ1) is 7.07. The van der Waals surface area contributed by atoms with Gasteiger partial charge >= 0.3 is 0 Å². The lowest BCUT2D eigenvalue weighted by Gasteiger charge is -2.18. The van der Waals surface area contributed by atoms with Gasteiger partial charge in [0, 0.05) is 25.4 Å². The highest BCUT2D eigenvalue weighted by atomic mass is 35.5. The summed E-state index contributed by atoms with van der Waals surface area (Å²) in [5.41, 5.74) is 0. The van der Waals surface area contributed by atoms with Gasteiger partial charge in [-0.25, -0.2) is 0 Å². The molecule has 15 heavy (non-hydrogen) atoms. The van der Waals surface area contributed by atoms with Crippen LogP contribution in [0.1, 0.15) is 52.4 Å². The van der Waals surface area contributed by atoms with Crippen LogP contribution in [0.3, 0.4) is 0 Å². The van der Waals surface area contributed by atoms with Crippen molar-refractivity contribution in [2.24, 2.45) is 0 Å². The predicted octanol–water partition coefficient (Wildman–Crippen LogP) is 3.43. The number of nitrogens with zero attached hydrogens (tertiary/aromatic N) is 1. The SMILES string of the molecule is CCCCCCCC(=O)N(C)CC(C)Cl. The lowest BCUT2D eigenvalue weighted by molar-refractivity contribution is -0.130. The molecule has 0 spiro atoms. The van der Waals surface area contributed by atoms with Crippen LogP contribution in [0.2, 0.25) is 0 Å². The third kappa shape index (κ3) is 8.73. The summed E-state index contributed by atoms with van der Waals surface area (Å²) in [7, 11) is 1.83. The largest absolute Gasteiger partial charge is 0.344 e. The molecule has 0 aromatic rings. The van der Waals surface area contributed by atoms with E-state index < -0.39 is 0 Å². The molecule has 0 heterocycles.